The molecule has 1 unspecified atom stereocenters. The number of benzene rings is 1. The highest BCUT2D eigenvalue weighted by atomic mass is 16.5. The Labute approximate surface area is 162 Å². The normalized spacial score (nSPS) is 16.2. The van der Waals surface area contributed by atoms with Gasteiger partial charge in [0.25, 0.3) is 11.8 Å². The fourth-order valence-electron chi connectivity index (χ4n) is 3.37. The highest BCUT2D eigenvalue weighted by molar-refractivity contribution is 6.09. The smallest absolute Gasteiger partial charge is 0.287 e. The van der Waals surface area contributed by atoms with Crippen LogP contribution in [-0.2, 0) is 4.74 Å². The lowest BCUT2D eigenvalue weighted by molar-refractivity contribution is 0.0848. The SMILES string of the molecule is Cc1cccc(NC(=O)c2nc(C(=O)NCC3CCCO3)n3ccccc23)c1. The average Bonchev–Trinajstić information content (AvgIpc) is 3.34. The third-order valence-corrected chi connectivity index (χ3v) is 4.76. The summed E-state index contributed by atoms with van der Waals surface area (Å²) in [7, 11) is 0. The topological polar surface area (TPSA) is 84.7 Å². The van der Waals surface area contributed by atoms with Crippen molar-refractivity contribution < 1.29 is 14.3 Å². The van der Waals surface area contributed by atoms with Crippen LogP contribution in [0.1, 0.15) is 39.5 Å². The molecule has 1 aliphatic heterocycles. The van der Waals surface area contributed by atoms with Gasteiger partial charge >= 0.3 is 0 Å². The minimum absolute atomic E-state index is 0.0410. The first-order valence-electron chi connectivity index (χ1n) is 9.37. The van der Waals surface area contributed by atoms with Gasteiger partial charge in [0.1, 0.15) is 0 Å². The van der Waals surface area contributed by atoms with E-state index in [0.717, 1.165) is 25.0 Å². The van der Waals surface area contributed by atoms with Crippen LogP contribution in [0.2, 0.25) is 0 Å². The van der Waals surface area contributed by atoms with E-state index in [9.17, 15) is 9.59 Å². The van der Waals surface area contributed by atoms with E-state index in [-0.39, 0.29) is 29.4 Å². The number of pyridine rings is 1. The van der Waals surface area contributed by atoms with Gasteiger partial charge in [0.2, 0.25) is 5.82 Å². The Morgan fingerprint density at radius 3 is 2.89 bits per heavy atom. The first kappa shape index (κ1) is 18.2. The largest absolute Gasteiger partial charge is 0.376 e. The van der Waals surface area contributed by atoms with Gasteiger partial charge in [-0.05, 0) is 49.6 Å². The lowest BCUT2D eigenvalue weighted by Crippen LogP contribution is -2.33. The molecule has 0 spiro atoms. The Balaban J connectivity index is 1.58. The van der Waals surface area contributed by atoms with Crippen LogP contribution >= 0.6 is 0 Å². The first-order valence-corrected chi connectivity index (χ1v) is 9.37. The van der Waals surface area contributed by atoms with E-state index in [2.05, 4.69) is 15.6 Å². The number of amides is 2. The van der Waals surface area contributed by atoms with Gasteiger partial charge in [-0.2, -0.15) is 0 Å². The zero-order chi connectivity index (χ0) is 19.5. The number of anilines is 1. The van der Waals surface area contributed by atoms with Gasteiger partial charge in [-0.25, -0.2) is 4.98 Å². The summed E-state index contributed by atoms with van der Waals surface area (Å²) in [6, 6.07) is 12.9. The van der Waals surface area contributed by atoms with Crippen LogP contribution in [-0.4, -0.2) is 40.5 Å². The van der Waals surface area contributed by atoms with E-state index < -0.39 is 0 Å². The third-order valence-electron chi connectivity index (χ3n) is 4.76. The van der Waals surface area contributed by atoms with E-state index in [1.165, 1.54) is 0 Å². The molecule has 2 N–H and O–H groups in total. The van der Waals surface area contributed by atoms with Gasteiger partial charge in [-0.3, -0.25) is 14.0 Å². The molecule has 0 aliphatic carbocycles. The maximum absolute atomic E-state index is 12.8. The standard InChI is InChI=1S/C21H22N4O3/c1-14-6-4-7-15(12-14)23-20(26)18-17-9-2-3-10-25(17)19(24-18)21(27)22-13-16-8-5-11-28-16/h2-4,6-7,9-10,12,16H,5,8,11,13H2,1H3,(H,22,27)(H,23,26). The summed E-state index contributed by atoms with van der Waals surface area (Å²) in [6.07, 6.45) is 3.72. The molecule has 1 atom stereocenters. The van der Waals surface area contributed by atoms with Crippen molar-refractivity contribution in [1.29, 1.82) is 0 Å². The fraction of sp³-hybridized carbons (Fsp3) is 0.286. The molecule has 3 aromatic rings. The monoisotopic (exact) mass is 378 g/mol. The van der Waals surface area contributed by atoms with E-state index in [1.807, 2.05) is 37.3 Å². The summed E-state index contributed by atoms with van der Waals surface area (Å²) in [5, 5.41) is 5.72. The average molecular weight is 378 g/mol. The highest BCUT2D eigenvalue weighted by Crippen LogP contribution is 2.17. The lowest BCUT2D eigenvalue weighted by atomic mass is 10.2. The van der Waals surface area contributed by atoms with Crippen molar-refractivity contribution in [2.75, 3.05) is 18.5 Å². The minimum Gasteiger partial charge on any atom is -0.376 e. The van der Waals surface area contributed by atoms with Gasteiger partial charge in [-0.1, -0.05) is 18.2 Å². The first-order chi connectivity index (χ1) is 13.6. The van der Waals surface area contributed by atoms with Crippen molar-refractivity contribution in [1.82, 2.24) is 14.7 Å². The van der Waals surface area contributed by atoms with Gasteiger partial charge in [0.05, 0.1) is 11.6 Å². The summed E-state index contributed by atoms with van der Waals surface area (Å²) in [4.78, 5) is 29.8. The van der Waals surface area contributed by atoms with Crippen molar-refractivity contribution in [3.8, 4) is 0 Å². The van der Waals surface area contributed by atoms with Crippen LogP contribution in [0.5, 0.6) is 0 Å². The van der Waals surface area contributed by atoms with Gasteiger partial charge in [0, 0.05) is 25.0 Å². The summed E-state index contributed by atoms with van der Waals surface area (Å²) in [5.74, 6) is -0.498. The van der Waals surface area contributed by atoms with E-state index in [4.69, 9.17) is 4.74 Å². The Morgan fingerprint density at radius 1 is 1.21 bits per heavy atom. The molecule has 1 fully saturated rings. The number of fused-ring (bicyclic) bond motifs is 1. The molecule has 2 aromatic heterocycles. The van der Waals surface area contributed by atoms with E-state index in [1.54, 1.807) is 22.7 Å². The summed E-state index contributed by atoms with van der Waals surface area (Å²) in [6.45, 7) is 3.12. The molecule has 0 bridgehead atoms. The summed E-state index contributed by atoms with van der Waals surface area (Å²) in [5.41, 5.74) is 2.52. The summed E-state index contributed by atoms with van der Waals surface area (Å²) < 4.78 is 7.18. The number of hydrogen-bond donors (Lipinski definition) is 2. The number of carbonyl (C=O) groups is 2. The fourth-order valence-corrected chi connectivity index (χ4v) is 3.37. The lowest BCUT2D eigenvalue weighted by Gasteiger charge is -2.10. The molecule has 3 heterocycles. The van der Waals surface area contributed by atoms with Crippen LogP contribution in [0.25, 0.3) is 5.52 Å². The molecule has 0 radical (unpaired) electrons. The van der Waals surface area contributed by atoms with E-state index >= 15 is 0 Å². The zero-order valence-corrected chi connectivity index (χ0v) is 15.6. The summed E-state index contributed by atoms with van der Waals surface area (Å²) >= 11 is 0. The molecule has 4 rings (SSSR count). The van der Waals surface area contributed by atoms with Crippen LogP contribution in [0.3, 0.4) is 0 Å². The van der Waals surface area contributed by atoms with Gasteiger partial charge in [-0.15, -0.1) is 0 Å². The quantitative estimate of drug-likeness (QED) is 0.715. The molecular weight excluding hydrogens is 356 g/mol. The minimum atomic E-state index is -0.354. The van der Waals surface area contributed by atoms with Crippen molar-refractivity contribution >= 4 is 23.0 Å². The number of nitrogens with one attached hydrogen (secondary N) is 2. The maximum atomic E-state index is 12.8. The van der Waals surface area contributed by atoms with Crippen LogP contribution in [0.15, 0.2) is 48.7 Å². The molecule has 1 aliphatic rings. The van der Waals surface area contributed by atoms with Crippen molar-refractivity contribution in [3.05, 3.63) is 65.7 Å². The van der Waals surface area contributed by atoms with Crippen LogP contribution in [0, 0.1) is 6.92 Å². The molecule has 144 valence electrons. The zero-order valence-electron chi connectivity index (χ0n) is 15.6. The molecule has 7 heteroatoms. The number of carbonyl (C=O) groups excluding carboxylic acids is 2. The van der Waals surface area contributed by atoms with Crippen molar-refractivity contribution in [2.45, 2.75) is 25.9 Å². The predicted octanol–water partition coefficient (Wildman–Crippen LogP) is 2.80. The molecular formula is C21H22N4O3. The molecule has 7 nitrogen and oxygen atoms in total. The molecule has 0 saturated carbocycles. The Kier molecular flexibility index (Phi) is 5.08. The second-order valence-corrected chi connectivity index (χ2v) is 6.91. The number of nitrogens with zero attached hydrogens (tertiary/aromatic N) is 2. The molecule has 2 amide bonds. The number of hydrogen-bond acceptors (Lipinski definition) is 4. The Hall–Kier alpha value is -3.19. The molecule has 1 aromatic carbocycles. The molecule has 28 heavy (non-hydrogen) atoms. The highest BCUT2D eigenvalue weighted by Gasteiger charge is 2.23. The Bertz CT molecular complexity index is 1020. The van der Waals surface area contributed by atoms with Crippen molar-refractivity contribution in [3.63, 3.8) is 0 Å². The van der Waals surface area contributed by atoms with Gasteiger partial charge in [0.15, 0.2) is 5.69 Å². The van der Waals surface area contributed by atoms with Crippen molar-refractivity contribution in [2.24, 2.45) is 0 Å². The second-order valence-electron chi connectivity index (χ2n) is 6.91. The number of imidazole rings is 1. The third kappa shape index (κ3) is 3.75. The number of aryl methyl sites for hydroxylation is 1. The van der Waals surface area contributed by atoms with Crippen LogP contribution in [0.4, 0.5) is 5.69 Å². The predicted molar refractivity (Wildman–Crippen MR) is 106 cm³/mol. The number of ether oxygens (including phenoxy) is 1. The Morgan fingerprint density at radius 2 is 2.11 bits per heavy atom. The van der Waals surface area contributed by atoms with Gasteiger partial charge < -0.3 is 15.4 Å². The second kappa shape index (κ2) is 7.82. The van der Waals surface area contributed by atoms with E-state index in [0.29, 0.717) is 17.7 Å². The number of rotatable bonds is 5. The molecule has 1 saturated heterocycles. The maximum Gasteiger partial charge on any atom is 0.287 e. The number of aromatic nitrogens is 2. The van der Waals surface area contributed by atoms with Crippen LogP contribution < -0.4 is 10.6 Å².